The van der Waals surface area contributed by atoms with E-state index in [-0.39, 0.29) is 5.60 Å². The van der Waals surface area contributed by atoms with E-state index < -0.39 is 0 Å². The fourth-order valence-corrected chi connectivity index (χ4v) is 1.41. The van der Waals surface area contributed by atoms with Gasteiger partial charge in [-0.3, -0.25) is 0 Å². The molecule has 0 radical (unpaired) electrons. The highest BCUT2D eigenvalue weighted by Crippen LogP contribution is 2.17. The zero-order chi connectivity index (χ0) is 12.2. The lowest BCUT2D eigenvalue weighted by molar-refractivity contribution is 0.0344. The Morgan fingerprint density at radius 1 is 1.44 bits per heavy atom. The molecule has 3 nitrogen and oxygen atoms in total. The fraction of sp³-hybridized carbons (Fsp3) is 0.417. The molecule has 88 valence electrons. The van der Waals surface area contributed by atoms with Gasteiger partial charge in [0.1, 0.15) is 4.99 Å². The number of para-hydroxylation sites is 1. The van der Waals surface area contributed by atoms with Gasteiger partial charge >= 0.3 is 0 Å². The molecule has 16 heavy (non-hydrogen) atoms. The molecule has 1 rings (SSSR count). The Morgan fingerprint density at radius 3 is 2.62 bits per heavy atom. The molecule has 0 heterocycles. The van der Waals surface area contributed by atoms with Crippen LogP contribution in [0.4, 0.5) is 5.69 Å². The molecular weight excluding hydrogens is 220 g/mol. The van der Waals surface area contributed by atoms with Gasteiger partial charge in [-0.2, -0.15) is 0 Å². The van der Waals surface area contributed by atoms with Crippen LogP contribution in [0.1, 0.15) is 19.4 Å². The lowest BCUT2D eigenvalue weighted by Crippen LogP contribution is -2.32. The molecule has 3 N–H and O–H groups in total. The summed E-state index contributed by atoms with van der Waals surface area (Å²) in [6, 6.07) is 7.73. The highest BCUT2D eigenvalue weighted by atomic mass is 32.1. The Kier molecular flexibility index (Phi) is 4.26. The second-order valence-corrected chi connectivity index (χ2v) is 4.67. The highest BCUT2D eigenvalue weighted by Gasteiger charge is 2.16. The number of nitrogens with two attached hydrogens (primary N) is 1. The van der Waals surface area contributed by atoms with Crippen molar-refractivity contribution >= 4 is 22.9 Å². The van der Waals surface area contributed by atoms with E-state index in [9.17, 15) is 0 Å². The maximum atomic E-state index is 5.65. The Hall–Kier alpha value is -1.13. The first-order valence-corrected chi connectivity index (χ1v) is 5.55. The minimum absolute atomic E-state index is 0.219. The SMILES string of the molecule is COC(C)(C)CNc1ccccc1C(N)=S. The van der Waals surface area contributed by atoms with Gasteiger partial charge in [0, 0.05) is 24.9 Å². The van der Waals surface area contributed by atoms with E-state index in [0.717, 1.165) is 11.3 Å². The van der Waals surface area contributed by atoms with Crippen LogP contribution in [0.5, 0.6) is 0 Å². The number of nitrogens with one attached hydrogen (secondary N) is 1. The van der Waals surface area contributed by atoms with Gasteiger partial charge in [0.05, 0.1) is 5.60 Å². The maximum absolute atomic E-state index is 5.65. The van der Waals surface area contributed by atoms with Crippen molar-refractivity contribution in [1.29, 1.82) is 0 Å². The summed E-state index contributed by atoms with van der Waals surface area (Å²) in [7, 11) is 1.70. The van der Waals surface area contributed by atoms with Crippen LogP contribution in [0.3, 0.4) is 0 Å². The zero-order valence-electron chi connectivity index (χ0n) is 9.91. The first kappa shape index (κ1) is 12.9. The first-order valence-electron chi connectivity index (χ1n) is 5.14. The Morgan fingerprint density at radius 2 is 2.06 bits per heavy atom. The average Bonchev–Trinajstić information content (AvgIpc) is 2.27. The van der Waals surface area contributed by atoms with Gasteiger partial charge in [-0.05, 0) is 26.0 Å². The van der Waals surface area contributed by atoms with E-state index in [0.29, 0.717) is 11.5 Å². The predicted octanol–water partition coefficient (Wildman–Crippen LogP) is 2.16. The van der Waals surface area contributed by atoms with Gasteiger partial charge in [-0.1, -0.05) is 24.4 Å². The largest absolute Gasteiger partial charge is 0.389 e. The summed E-state index contributed by atoms with van der Waals surface area (Å²) in [5.41, 5.74) is 7.24. The van der Waals surface area contributed by atoms with Crippen LogP contribution in [-0.4, -0.2) is 24.2 Å². The summed E-state index contributed by atoms with van der Waals surface area (Å²) in [5.74, 6) is 0. The molecule has 1 aromatic carbocycles. The second-order valence-electron chi connectivity index (χ2n) is 4.23. The number of rotatable bonds is 5. The quantitative estimate of drug-likeness (QED) is 0.772. The summed E-state index contributed by atoms with van der Waals surface area (Å²) < 4.78 is 5.33. The van der Waals surface area contributed by atoms with Crippen LogP contribution >= 0.6 is 12.2 Å². The van der Waals surface area contributed by atoms with E-state index >= 15 is 0 Å². The second kappa shape index (κ2) is 5.27. The normalized spacial score (nSPS) is 11.2. The van der Waals surface area contributed by atoms with E-state index in [2.05, 4.69) is 5.32 Å². The fourth-order valence-electron chi connectivity index (χ4n) is 1.23. The summed E-state index contributed by atoms with van der Waals surface area (Å²) in [6.07, 6.45) is 0. The van der Waals surface area contributed by atoms with Crippen LogP contribution in [0.2, 0.25) is 0 Å². The van der Waals surface area contributed by atoms with Gasteiger partial charge in [-0.25, -0.2) is 0 Å². The number of hydrogen-bond acceptors (Lipinski definition) is 3. The van der Waals surface area contributed by atoms with E-state index in [1.54, 1.807) is 7.11 Å². The molecule has 0 aliphatic carbocycles. The van der Waals surface area contributed by atoms with E-state index in [1.807, 2.05) is 38.1 Å². The average molecular weight is 238 g/mol. The van der Waals surface area contributed by atoms with E-state index in [1.165, 1.54) is 0 Å². The van der Waals surface area contributed by atoms with Crippen molar-refractivity contribution in [3.8, 4) is 0 Å². The molecule has 0 spiro atoms. The molecule has 0 fully saturated rings. The number of hydrogen-bond donors (Lipinski definition) is 2. The van der Waals surface area contributed by atoms with Gasteiger partial charge in [0.2, 0.25) is 0 Å². The molecule has 0 saturated heterocycles. The Balaban J connectivity index is 2.78. The molecule has 4 heteroatoms. The van der Waals surface area contributed by atoms with Crippen molar-refractivity contribution < 1.29 is 4.74 Å². The van der Waals surface area contributed by atoms with Crippen LogP contribution in [-0.2, 0) is 4.74 Å². The minimum Gasteiger partial charge on any atom is -0.389 e. The number of methoxy groups -OCH3 is 1. The van der Waals surface area contributed by atoms with Crippen molar-refractivity contribution in [3.05, 3.63) is 29.8 Å². The summed E-state index contributed by atoms with van der Waals surface area (Å²) in [4.78, 5) is 0.401. The Bertz CT molecular complexity index is 377. The smallest absolute Gasteiger partial charge is 0.106 e. The van der Waals surface area contributed by atoms with Crippen molar-refractivity contribution in [2.75, 3.05) is 19.0 Å². The zero-order valence-corrected chi connectivity index (χ0v) is 10.7. The van der Waals surface area contributed by atoms with Crippen LogP contribution in [0.15, 0.2) is 24.3 Å². The van der Waals surface area contributed by atoms with Crippen LogP contribution < -0.4 is 11.1 Å². The monoisotopic (exact) mass is 238 g/mol. The molecule has 0 atom stereocenters. The summed E-state index contributed by atoms with van der Waals surface area (Å²) in [6.45, 7) is 4.73. The molecule has 0 aliphatic rings. The molecule has 0 aliphatic heterocycles. The molecule has 0 bridgehead atoms. The molecule has 0 aromatic heterocycles. The topological polar surface area (TPSA) is 47.3 Å². The van der Waals surface area contributed by atoms with Crippen LogP contribution in [0.25, 0.3) is 0 Å². The highest BCUT2D eigenvalue weighted by molar-refractivity contribution is 7.80. The van der Waals surface area contributed by atoms with E-state index in [4.69, 9.17) is 22.7 Å². The predicted molar refractivity (Wildman–Crippen MR) is 71.9 cm³/mol. The van der Waals surface area contributed by atoms with Gasteiger partial charge in [0.25, 0.3) is 0 Å². The molecule has 0 amide bonds. The lowest BCUT2D eigenvalue weighted by Gasteiger charge is -2.24. The number of ether oxygens (including phenoxy) is 1. The van der Waals surface area contributed by atoms with Crippen molar-refractivity contribution in [2.45, 2.75) is 19.4 Å². The number of thiocarbonyl (C=S) groups is 1. The van der Waals surface area contributed by atoms with Gasteiger partial charge < -0.3 is 15.8 Å². The van der Waals surface area contributed by atoms with Crippen molar-refractivity contribution in [3.63, 3.8) is 0 Å². The molecular formula is C12H18N2OS. The molecule has 0 unspecified atom stereocenters. The van der Waals surface area contributed by atoms with Gasteiger partial charge in [0.15, 0.2) is 0 Å². The number of anilines is 1. The standard InChI is InChI=1S/C12H18N2OS/c1-12(2,15-3)8-14-10-7-5-4-6-9(10)11(13)16/h4-7,14H,8H2,1-3H3,(H2,13,16). The third kappa shape index (κ3) is 3.47. The lowest BCUT2D eigenvalue weighted by atomic mass is 10.1. The van der Waals surface area contributed by atoms with Crippen LogP contribution in [0, 0.1) is 0 Å². The molecule has 1 aromatic rings. The van der Waals surface area contributed by atoms with Gasteiger partial charge in [-0.15, -0.1) is 0 Å². The molecule has 0 saturated carbocycles. The van der Waals surface area contributed by atoms with Crippen molar-refractivity contribution in [1.82, 2.24) is 0 Å². The minimum atomic E-state index is -0.219. The third-order valence-corrected chi connectivity index (χ3v) is 2.67. The summed E-state index contributed by atoms with van der Waals surface area (Å²) in [5, 5.41) is 3.29. The number of benzene rings is 1. The maximum Gasteiger partial charge on any atom is 0.106 e. The third-order valence-electron chi connectivity index (χ3n) is 2.45. The first-order chi connectivity index (χ1) is 7.46. The Labute approximate surface area is 102 Å². The van der Waals surface area contributed by atoms with Crippen molar-refractivity contribution in [2.24, 2.45) is 5.73 Å². The summed E-state index contributed by atoms with van der Waals surface area (Å²) >= 11 is 4.99.